The zero-order chi connectivity index (χ0) is 25.9. The van der Waals surface area contributed by atoms with E-state index in [0.29, 0.717) is 39.5 Å². The number of rotatable bonds is 9. The fourth-order valence-corrected chi connectivity index (χ4v) is 4.00. The number of carboxylic acids is 1. The van der Waals surface area contributed by atoms with E-state index in [1.165, 1.54) is 18.2 Å². The Labute approximate surface area is 203 Å². The van der Waals surface area contributed by atoms with E-state index in [0.717, 1.165) is 0 Å². The number of benzene rings is 2. The molecule has 0 amide bonds. The maximum atomic E-state index is 14.4. The van der Waals surface area contributed by atoms with Gasteiger partial charge in [0.15, 0.2) is 0 Å². The summed E-state index contributed by atoms with van der Waals surface area (Å²) in [6.07, 6.45) is 0.156. The largest absolute Gasteiger partial charge is 0.481 e. The smallest absolute Gasteiger partial charge is 0.305 e. The molecular formula is C27H30F2N2O4. The molecular weight excluding hydrogens is 454 g/mol. The first-order valence-electron chi connectivity index (χ1n) is 11.4. The van der Waals surface area contributed by atoms with Crippen molar-refractivity contribution in [2.75, 3.05) is 0 Å². The number of aliphatic hydroxyl groups is 2. The first kappa shape index (κ1) is 26.2. The third-order valence-electron chi connectivity index (χ3n) is 5.66. The van der Waals surface area contributed by atoms with Crippen molar-refractivity contribution in [3.05, 3.63) is 71.1 Å². The normalized spacial score (nSPS) is 13.5. The first-order valence-corrected chi connectivity index (χ1v) is 11.4. The van der Waals surface area contributed by atoms with Crippen molar-refractivity contribution in [3.63, 3.8) is 0 Å². The van der Waals surface area contributed by atoms with Crippen LogP contribution in [0, 0.1) is 25.5 Å². The van der Waals surface area contributed by atoms with Gasteiger partial charge in [-0.25, -0.2) is 13.8 Å². The topological polar surface area (TPSA) is 95.6 Å². The van der Waals surface area contributed by atoms with Gasteiger partial charge in [0.1, 0.15) is 17.5 Å². The number of hydrogen-bond acceptors (Lipinski definition) is 4. The van der Waals surface area contributed by atoms with E-state index in [9.17, 15) is 23.8 Å². The highest BCUT2D eigenvalue weighted by molar-refractivity contribution is 5.81. The number of halogens is 2. The SMILES string of the molecule is Cc1cc(-c2c(-c3ccc(F)cc3)nc(C(C)C)n2/C=C/[C@@H](O)C[C@@H](O)CC(=O)O)cc(C)c1F. The van der Waals surface area contributed by atoms with Gasteiger partial charge in [0, 0.05) is 29.7 Å². The van der Waals surface area contributed by atoms with Gasteiger partial charge in [0.25, 0.3) is 0 Å². The van der Waals surface area contributed by atoms with E-state index in [1.54, 1.807) is 48.9 Å². The second-order valence-electron chi connectivity index (χ2n) is 9.02. The molecule has 0 unspecified atom stereocenters. The zero-order valence-corrected chi connectivity index (χ0v) is 20.2. The van der Waals surface area contributed by atoms with Gasteiger partial charge in [-0.2, -0.15) is 0 Å². The number of aliphatic hydroxyl groups excluding tert-OH is 2. The molecule has 1 heterocycles. The standard InChI is InChI=1S/C27H30F2N2O4/c1-15(2)27-30-25(18-5-7-20(28)8-6-18)26(19-11-16(3)24(29)17(4)12-19)31(27)10-9-21(32)13-22(33)14-23(34)35/h5-12,15,21-22,32-33H,13-14H2,1-4H3,(H,34,35)/b10-9+/t21-,22-/m1/s1. The van der Waals surface area contributed by atoms with Crippen LogP contribution in [0.3, 0.4) is 0 Å². The molecule has 0 fully saturated rings. The highest BCUT2D eigenvalue weighted by Crippen LogP contribution is 2.37. The predicted molar refractivity (Wildman–Crippen MR) is 131 cm³/mol. The van der Waals surface area contributed by atoms with Gasteiger partial charge in [-0.1, -0.05) is 13.8 Å². The molecule has 0 bridgehead atoms. The van der Waals surface area contributed by atoms with Gasteiger partial charge < -0.3 is 19.9 Å². The first-order chi connectivity index (χ1) is 16.5. The molecule has 2 aromatic carbocycles. The Morgan fingerprint density at radius 3 is 2.20 bits per heavy atom. The lowest BCUT2D eigenvalue weighted by atomic mass is 10.00. The molecule has 0 aliphatic carbocycles. The number of imidazole rings is 1. The summed E-state index contributed by atoms with van der Waals surface area (Å²) in [5.74, 6) is -1.21. The zero-order valence-electron chi connectivity index (χ0n) is 20.2. The number of hydrogen-bond donors (Lipinski definition) is 3. The predicted octanol–water partition coefficient (Wildman–Crippen LogP) is 5.29. The van der Waals surface area contributed by atoms with Crippen LogP contribution in [0.5, 0.6) is 0 Å². The van der Waals surface area contributed by atoms with E-state index in [1.807, 2.05) is 13.8 Å². The Balaban J connectivity index is 2.18. The van der Waals surface area contributed by atoms with Crippen molar-refractivity contribution >= 4 is 12.2 Å². The minimum absolute atomic E-state index is 0.0371. The minimum atomic E-state index is -1.20. The Morgan fingerprint density at radius 1 is 1.06 bits per heavy atom. The Morgan fingerprint density at radius 2 is 1.66 bits per heavy atom. The molecule has 6 nitrogen and oxygen atoms in total. The average Bonchev–Trinajstić information content (AvgIpc) is 3.15. The number of aryl methyl sites for hydroxylation is 2. The minimum Gasteiger partial charge on any atom is -0.481 e. The molecule has 186 valence electrons. The number of aliphatic carboxylic acids is 1. The Kier molecular flexibility index (Phi) is 8.19. The highest BCUT2D eigenvalue weighted by Gasteiger charge is 2.22. The molecule has 0 aliphatic heterocycles. The highest BCUT2D eigenvalue weighted by atomic mass is 19.1. The molecule has 3 N–H and O–H groups in total. The summed E-state index contributed by atoms with van der Waals surface area (Å²) >= 11 is 0. The molecule has 0 saturated heterocycles. The van der Waals surface area contributed by atoms with Crippen molar-refractivity contribution in [2.24, 2.45) is 0 Å². The van der Waals surface area contributed by atoms with E-state index in [4.69, 9.17) is 10.1 Å². The number of nitrogens with zero attached hydrogens (tertiary/aromatic N) is 2. The van der Waals surface area contributed by atoms with E-state index in [2.05, 4.69) is 0 Å². The van der Waals surface area contributed by atoms with E-state index < -0.39 is 24.6 Å². The summed E-state index contributed by atoms with van der Waals surface area (Å²) in [6, 6.07) is 9.37. The van der Waals surface area contributed by atoms with Crippen LogP contribution in [0.4, 0.5) is 8.78 Å². The van der Waals surface area contributed by atoms with Gasteiger partial charge in [0.05, 0.1) is 30.0 Å². The molecule has 35 heavy (non-hydrogen) atoms. The molecule has 0 saturated carbocycles. The van der Waals surface area contributed by atoms with Crippen LogP contribution in [0.1, 0.15) is 49.6 Å². The van der Waals surface area contributed by atoms with E-state index in [-0.39, 0.29) is 24.0 Å². The fourth-order valence-electron chi connectivity index (χ4n) is 4.00. The molecule has 3 rings (SSSR count). The average molecular weight is 485 g/mol. The van der Waals surface area contributed by atoms with Gasteiger partial charge in [-0.3, -0.25) is 4.79 Å². The summed E-state index contributed by atoms with van der Waals surface area (Å²) in [5.41, 5.74) is 3.51. The molecule has 8 heteroatoms. The van der Waals surface area contributed by atoms with Crippen LogP contribution < -0.4 is 0 Å². The Hall–Kier alpha value is -3.36. The summed E-state index contributed by atoms with van der Waals surface area (Å²) in [5, 5.41) is 29.1. The summed E-state index contributed by atoms with van der Waals surface area (Å²) in [6.45, 7) is 7.27. The van der Waals surface area contributed by atoms with Crippen molar-refractivity contribution in [3.8, 4) is 22.5 Å². The van der Waals surface area contributed by atoms with Crippen molar-refractivity contribution in [1.82, 2.24) is 9.55 Å². The fraction of sp³-hybridized carbons (Fsp3) is 0.333. The van der Waals surface area contributed by atoms with Crippen molar-refractivity contribution in [2.45, 2.75) is 58.7 Å². The molecule has 0 spiro atoms. The summed E-state index contributed by atoms with van der Waals surface area (Å²) < 4.78 is 29.8. The van der Waals surface area contributed by atoms with Crippen LogP contribution in [0.15, 0.2) is 42.5 Å². The lowest BCUT2D eigenvalue weighted by Crippen LogP contribution is -2.19. The summed E-state index contributed by atoms with van der Waals surface area (Å²) in [4.78, 5) is 15.6. The molecule has 0 aliphatic rings. The second-order valence-corrected chi connectivity index (χ2v) is 9.02. The molecule has 3 aromatic rings. The van der Waals surface area contributed by atoms with Crippen molar-refractivity contribution in [1.29, 1.82) is 0 Å². The van der Waals surface area contributed by atoms with E-state index >= 15 is 0 Å². The molecule has 2 atom stereocenters. The van der Waals surface area contributed by atoms with Crippen LogP contribution >= 0.6 is 0 Å². The third kappa shape index (κ3) is 6.21. The lowest BCUT2D eigenvalue weighted by molar-refractivity contribution is -0.139. The van der Waals surface area contributed by atoms with Gasteiger partial charge in [0.2, 0.25) is 0 Å². The van der Waals surface area contributed by atoms with Crippen molar-refractivity contribution < 1.29 is 28.9 Å². The monoisotopic (exact) mass is 484 g/mol. The molecule has 1 aromatic heterocycles. The van der Waals surface area contributed by atoms with Crippen LogP contribution in [0.25, 0.3) is 28.7 Å². The maximum absolute atomic E-state index is 14.4. The van der Waals surface area contributed by atoms with Crippen LogP contribution in [0.2, 0.25) is 0 Å². The number of carboxylic acid groups (broad SMARTS) is 1. The number of aromatic nitrogens is 2. The van der Waals surface area contributed by atoms with Gasteiger partial charge >= 0.3 is 5.97 Å². The van der Waals surface area contributed by atoms with Gasteiger partial charge in [-0.05, 0) is 67.4 Å². The lowest BCUT2D eigenvalue weighted by Gasteiger charge is -2.14. The Bertz CT molecular complexity index is 1210. The third-order valence-corrected chi connectivity index (χ3v) is 5.66. The second kappa shape index (κ2) is 10.9. The van der Waals surface area contributed by atoms with Crippen LogP contribution in [-0.2, 0) is 4.79 Å². The maximum Gasteiger partial charge on any atom is 0.305 e. The molecule has 0 radical (unpaired) electrons. The number of carbonyl (C=O) groups is 1. The van der Waals surface area contributed by atoms with Crippen LogP contribution in [-0.4, -0.2) is 43.0 Å². The quantitative estimate of drug-likeness (QED) is 0.383. The summed E-state index contributed by atoms with van der Waals surface area (Å²) in [7, 11) is 0. The van der Waals surface area contributed by atoms with Gasteiger partial charge in [-0.15, -0.1) is 0 Å².